The Kier molecular flexibility index (Phi) is 7.46. The van der Waals surface area contributed by atoms with Gasteiger partial charge in [-0.05, 0) is 42.3 Å². The predicted octanol–water partition coefficient (Wildman–Crippen LogP) is 5.08. The third-order valence-corrected chi connectivity index (χ3v) is 6.11. The summed E-state index contributed by atoms with van der Waals surface area (Å²) < 4.78 is 6.73. The number of nitrogens with zero attached hydrogens (tertiary/aromatic N) is 1. The van der Waals surface area contributed by atoms with Crippen LogP contribution in [0.3, 0.4) is 0 Å². The van der Waals surface area contributed by atoms with E-state index in [2.05, 4.69) is 21.2 Å². The molecule has 0 saturated carbocycles. The molecule has 150 valence electrons. The molecule has 2 amide bonds. The van der Waals surface area contributed by atoms with Gasteiger partial charge in [0.1, 0.15) is 10.1 Å². The molecule has 0 radical (unpaired) electrons. The molecule has 3 rings (SSSR count). The van der Waals surface area contributed by atoms with Crippen molar-refractivity contribution in [1.29, 1.82) is 0 Å². The Labute approximate surface area is 187 Å². The van der Waals surface area contributed by atoms with Gasteiger partial charge in [0.25, 0.3) is 5.91 Å². The lowest BCUT2D eigenvalue weighted by Crippen LogP contribution is -2.29. The van der Waals surface area contributed by atoms with E-state index in [9.17, 15) is 9.59 Å². The van der Waals surface area contributed by atoms with Crippen molar-refractivity contribution in [2.45, 2.75) is 12.8 Å². The number of para-hydroxylation sites is 2. The lowest BCUT2D eigenvalue weighted by Gasteiger charge is -2.14. The molecule has 0 atom stereocenters. The van der Waals surface area contributed by atoms with E-state index in [1.165, 1.54) is 11.8 Å². The largest absolute Gasteiger partial charge is 0.495 e. The van der Waals surface area contributed by atoms with Crippen molar-refractivity contribution < 1.29 is 14.3 Å². The van der Waals surface area contributed by atoms with Gasteiger partial charge in [0.15, 0.2) is 0 Å². The van der Waals surface area contributed by atoms with Gasteiger partial charge in [0.2, 0.25) is 5.91 Å². The van der Waals surface area contributed by atoms with Crippen molar-refractivity contribution in [3.05, 3.63) is 63.5 Å². The molecule has 0 spiro atoms. The lowest BCUT2D eigenvalue weighted by molar-refractivity contribution is -0.122. The maximum Gasteiger partial charge on any atom is 0.266 e. The number of thioether (sulfide) groups is 1. The fourth-order valence-electron chi connectivity index (χ4n) is 2.76. The van der Waals surface area contributed by atoms with Crippen LogP contribution in [0.1, 0.15) is 18.4 Å². The SMILES string of the molecule is COc1ccccc1NC(=O)CCCN1C(=O)C(=Cc2ccc(Br)cc2)SC1=S. The van der Waals surface area contributed by atoms with Gasteiger partial charge in [-0.1, -0.05) is 64.2 Å². The monoisotopic (exact) mass is 490 g/mol. The van der Waals surface area contributed by atoms with Crippen LogP contribution in [-0.4, -0.2) is 34.7 Å². The molecule has 0 unspecified atom stereocenters. The van der Waals surface area contributed by atoms with Crippen molar-refractivity contribution in [3.8, 4) is 5.75 Å². The Morgan fingerprint density at radius 1 is 1.24 bits per heavy atom. The normalized spacial score (nSPS) is 15.1. The Morgan fingerprint density at radius 3 is 2.69 bits per heavy atom. The summed E-state index contributed by atoms with van der Waals surface area (Å²) in [5.41, 5.74) is 1.56. The van der Waals surface area contributed by atoms with Crippen LogP contribution in [0.25, 0.3) is 6.08 Å². The average molecular weight is 491 g/mol. The number of hydrogen-bond acceptors (Lipinski definition) is 5. The summed E-state index contributed by atoms with van der Waals surface area (Å²) in [5.74, 6) is 0.356. The number of amides is 2. The number of carbonyl (C=O) groups excluding carboxylic acids is 2. The summed E-state index contributed by atoms with van der Waals surface area (Å²) in [5, 5.41) is 2.83. The number of halogens is 1. The molecule has 0 aliphatic carbocycles. The highest BCUT2D eigenvalue weighted by molar-refractivity contribution is 9.10. The standard InChI is InChI=1S/C21H19BrN2O3S2/c1-27-17-6-3-2-5-16(17)23-19(25)7-4-12-24-20(26)18(29-21(24)28)13-14-8-10-15(22)11-9-14/h2-3,5-6,8-11,13H,4,7,12H2,1H3,(H,23,25). The minimum Gasteiger partial charge on any atom is -0.495 e. The number of carbonyl (C=O) groups is 2. The molecule has 1 heterocycles. The van der Waals surface area contributed by atoms with Crippen molar-refractivity contribution in [3.63, 3.8) is 0 Å². The van der Waals surface area contributed by atoms with E-state index in [1.807, 2.05) is 42.5 Å². The summed E-state index contributed by atoms with van der Waals surface area (Å²) in [6.07, 6.45) is 2.62. The predicted molar refractivity (Wildman–Crippen MR) is 125 cm³/mol. The molecule has 1 N–H and O–H groups in total. The number of benzene rings is 2. The molecule has 1 aliphatic heterocycles. The van der Waals surface area contributed by atoms with Gasteiger partial charge >= 0.3 is 0 Å². The highest BCUT2D eigenvalue weighted by Crippen LogP contribution is 2.33. The maximum atomic E-state index is 12.7. The molecule has 1 aliphatic rings. The highest BCUT2D eigenvalue weighted by Gasteiger charge is 2.31. The third kappa shape index (κ3) is 5.68. The van der Waals surface area contributed by atoms with Crippen molar-refractivity contribution in [2.24, 2.45) is 0 Å². The summed E-state index contributed by atoms with van der Waals surface area (Å²) in [6, 6.07) is 14.9. The fraction of sp³-hybridized carbons (Fsp3) is 0.190. The zero-order valence-corrected chi connectivity index (χ0v) is 18.9. The van der Waals surface area contributed by atoms with E-state index in [0.717, 1.165) is 10.0 Å². The molecule has 2 aromatic carbocycles. The van der Waals surface area contributed by atoms with Crippen LogP contribution < -0.4 is 10.1 Å². The van der Waals surface area contributed by atoms with Gasteiger partial charge < -0.3 is 10.1 Å². The molecule has 8 heteroatoms. The Hall–Kier alpha value is -2.16. The van der Waals surface area contributed by atoms with E-state index in [4.69, 9.17) is 17.0 Å². The first-order valence-corrected chi connectivity index (χ1v) is 10.9. The van der Waals surface area contributed by atoms with E-state index in [-0.39, 0.29) is 18.2 Å². The minimum atomic E-state index is -0.134. The first-order chi connectivity index (χ1) is 14.0. The highest BCUT2D eigenvalue weighted by atomic mass is 79.9. The number of methoxy groups -OCH3 is 1. The molecule has 2 aromatic rings. The quantitative estimate of drug-likeness (QED) is 0.433. The second-order valence-corrected chi connectivity index (χ2v) is 8.83. The van der Waals surface area contributed by atoms with Crippen LogP contribution in [0.2, 0.25) is 0 Å². The van der Waals surface area contributed by atoms with Gasteiger partial charge in [-0.3, -0.25) is 14.5 Å². The van der Waals surface area contributed by atoms with Gasteiger partial charge in [0, 0.05) is 17.4 Å². The van der Waals surface area contributed by atoms with Crippen LogP contribution in [0.15, 0.2) is 57.9 Å². The molecular formula is C21H19BrN2O3S2. The van der Waals surface area contributed by atoms with Crippen LogP contribution in [0, 0.1) is 0 Å². The van der Waals surface area contributed by atoms with E-state index in [1.54, 1.807) is 24.1 Å². The van der Waals surface area contributed by atoms with Gasteiger partial charge in [-0.25, -0.2) is 0 Å². The minimum absolute atomic E-state index is 0.118. The smallest absolute Gasteiger partial charge is 0.266 e. The Balaban J connectivity index is 1.54. The van der Waals surface area contributed by atoms with Crippen LogP contribution >= 0.6 is 39.9 Å². The van der Waals surface area contributed by atoms with Gasteiger partial charge in [0.05, 0.1) is 17.7 Å². The van der Waals surface area contributed by atoms with Crippen molar-refractivity contribution >= 4 is 67.8 Å². The van der Waals surface area contributed by atoms with Crippen LogP contribution in [-0.2, 0) is 9.59 Å². The summed E-state index contributed by atoms with van der Waals surface area (Å²) in [6.45, 7) is 0.404. The molecule has 29 heavy (non-hydrogen) atoms. The number of ether oxygens (including phenoxy) is 1. The van der Waals surface area contributed by atoms with E-state index in [0.29, 0.717) is 33.6 Å². The second kappa shape index (κ2) is 10.0. The molecular weight excluding hydrogens is 472 g/mol. The number of thiocarbonyl (C=S) groups is 1. The van der Waals surface area contributed by atoms with Crippen molar-refractivity contribution in [1.82, 2.24) is 4.90 Å². The van der Waals surface area contributed by atoms with Gasteiger partial charge in [-0.2, -0.15) is 0 Å². The van der Waals surface area contributed by atoms with Gasteiger partial charge in [-0.15, -0.1) is 0 Å². The topological polar surface area (TPSA) is 58.6 Å². The Morgan fingerprint density at radius 2 is 1.97 bits per heavy atom. The first kappa shape index (κ1) is 21.5. The molecule has 0 aromatic heterocycles. The van der Waals surface area contributed by atoms with E-state index < -0.39 is 0 Å². The fourth-order valence-corrected chi connectivity index (χ4v) is 4.33. The molecule has 1 saturated heterocycles. The van der Waals surface area contributed by atoms with Crippen LogP contribution in [0.5, 0.6) is 5.75 Å². The summed E-state index contributed by atoms with van der Waals surface area (Å²) in [7, 11) is 1.56. The number of rotatable bonds is 7. The van der Waals surface area contributed by atoms with Crippen LogP contribution in [0.4, 0.5) is 5.69 Å². The summed E-state index contributed by atoms with van der Waals surface area (Å²) >= 11 is 10.0. The average Bonchev–Trinajstić information content (AvgIpc) is 2.97. The zero-order chi connectivity index (χ0) is 20.8. The molecule has 1 fully saturated rings. The number of hydrogen-bond donors (Lipinski definition) is 1. The zero-order valence-electron chi connectivity index (χ0n) is 15.7. The first-order valence-electron chi connectivity index (χ1n) is 8.92. The molecule has 0 bridgehead atoms. The second-order valence-electron chi connectivity index (χ2n) is 6.24. The number of nitrogens with one attached hydrogen (secondary N) is 1. The third-order valence-electron chi connectivity index (χ3n) is 4.21. The summed E-state index contributed by atoms with van der Waals surface area (Å²) in [4.78, 5) is 27.0. The van der Waals surface area contributed by atoms with Crippen molar-refractivity contribution in [2.75, 3.05) is 19.0 Å². The van der Waals surface area contributed by atoms with E-state index >= 15 is 0 Å². The number of anilines is 1. The molecule has 5 nitrogen and oxygen atoms in total. The lowest BCUT2D eigenvalue weighted by atomic mass is 10.2. The maximum absolute atomic E-state index is 12.7. The Bertz CT molecular complexity index is 961.